The molecule has 4 fully saturated rings. The van der Waals surface area contributed by atoms with Gasteiger partial charge in [-0.25, -0.2) is 0 Å². The van der Waals surface area contributed by atoms with E-state index in [1.54, 1.807) is 19.1 Å². The number of hydroxylamine groups is 2. The summed E-state index contributed by atoms with van der Waals surface area (Å²) < 4.78 is 6.03. The van der Waals surface area contributed by atoms with Gasteiger partial charge in [-0.1, -0.05) is 81.4 Å². The standard InChI is InChI=1S/C44H60N4O6/c1-27-36-22-33(44(36,3)4)23-37(27)46-43(52)40-39(28(2)50)38(26-49)54-48(40)24-32-17-12-18-35(41(32)53-7)30-15-11-16-31(21-30)42(51)45-34(25-47(5)6)20-19-29-13-9-8-10-14-29/h8-18,21,27-28,33-34,36-40,49-50H,19-20,22-26H2,1-7H3,(H,45,51)(H,46,52)/t27-,28-,33+,34+,36-,37-,38-,39-,40-/m0/s1. The number of methoxy groups -OCH3 is 1. The van der Waals surface area contributed by atoms with Gasteiger partial charge in [0.1, 0.15) is 17.9 Å². The van der Waals surface area contributed by atoms with Crippen molar-refractivity contribution in [2.24, 2.45) is 29.1 Å². The van der Waals surface area contributed by atoms with E-state index in [2.05, 4.69) is 48.4 Å². The summed E-state index contributed by atoms with van der Waals surface area (Å²) in [6.07, 6.45) is 2.18. The Morgan fingerprint density at radius 1 is 1.06 bits per heavy atom. The summed E-state index contributed by atoms with van der Waals surface area (Å²) in [5, 5.41) is 29.5. The minimum absolute atomic E-state index is 0.0353. The van der Waals surface area contributed by atoms with Crippen molar-refractivity contribution in [1.29, 1.82) is 0 Å². The molecule has 0 radical (unpaired) electrons. The number of nitrogens with zero attached hydrogens (tertiary/aromatic N) is 2. The molecule has 0 unspecified atom stereocenters. The van der Waals surface area contributed by atoms with E-state index in [9.17, 15) is 19.8 Å². The van der Waals surface area contributed by atoms with E-state index in [-0.39, 0.29) is 42.5 Å². The van der Waals surface area contributed by atoms with Crippen LogP contribution in [-0.2, 0) is 22.6 Å². The van der Waals surface area contributed by atoms with Crippen LogP contribution in [0.3, 0.4) is 0 Å². The second-order valence-corrected chi connectivity index (χ2v) is 16.8. The number of carbonyl (C=O) groups excluding carboxylic acids is 2. The maximum atomic E-state index is 14.2. The molecular weight excluding hydrogens is 681 g/mol. The summed E-state index contributed by atoms with van der Waals surface area (Å²) in [4.78, 5) is 36.2. The molecule has 10 nitrogen and oxygen atoms in total. The van der Waals surface area contributed by atoms with Gasteiger partial charge in [-0.2, -0.15) is 5.06 Å². The Balaban J connectivity index is 1.21. The van der Waals surface area contributed by atoms with Crippen LogP contribution < -0.4 is 15.4 Å². The average Bonchev–Trinajstić information content (AvgIpc) is 3.53. The van der Waals surface area contributed by atoms with E-state index < -0.39 is 24.2 Å². The van der Waals surface area contributed by atoms with Crippen LogP contribution in [0.5, 0.6) is 5.75 Å². The molecule has 292 valence electrons. The van der Waals surface area contributed by atoms with Gasteiger partial charge in [0.15, 0.2) is 0 Å². The van der Waals surface area contributed by atoms with Crippen LogP contribution in [0.15, 0.2) is 72.8 Å². The highest BCUT2D eigenvalue weighted by atomic mass is 16.7. The number of likely N-dealkylation sites (N-methyl/N-ethyl adjacent to an activating group) is 1. The molecule has 2 amide bonds. The quantitative estimate of drug-likeness (QED) is 0.165. The Morgan fingerprint density at radius 3 is 2.44 bits per heavy atom. The largest absolute Gasteiger partial charge is 0.496 e. The van der Waals surface area contributed by atoms with Crippen LogP contribution in [0, 0.1) is 29.1 Å². The minimum atomic E-state index is -0.892. The topological polar surface area (TPSA) is 124 Å². The summed E-state index contributed by atoms with van der Waals surface area (Å²) in [6.45, 7) is 9.13. The second-order valence-electron chi connectivity index (χ2n) is 16.8. The highest BCUT2D eigenvalue weighted by Crippen LogP contribution is 2.61. The Hall–Kier alpha value is -3.80. The number of amides is 2. The van der Waals surface area contributed by atoms with Gasteiger partial charge in [0.2, 0.25) is 5.91 Å². The number of carbonyl (C=O) groups is 2. The zero-order valence-corrected chi connectivity index (χ0v) is 33.0. The maximum absolute atomic E-state index is 14.2. The third-order valence-electron chi connectivity index (χ3n) is 12.7. The molecular formula is C44H60N4O6. The van der Waals surface area contributed by atoms with Crippen molar-refractivity contribution in [1.82, 2.24) is 20.6 Å². The number of benzene rings is 3. The number of para-hydroxylation sites is 1. The SMILES string of the molecule is COc1c(CN2O[C@@H](CO)[C@H]([C@H](C)O)[C@H]2C(=O)N[C@H]2C[C@H]3C[C@@H]([C@@H]2C)C3(C)C)cccc1-c1cccc(C(=O)N[C@H](CCc2ccccc2)CN(C)C)c1. The third kappa shape index (κ3) is 8.38. The minimum Gasteiger partial charge on any atom is -0.496 e. The number of nitrogens with one attached hydrogen (secondary N) is 2. The molecule has 4 aliphatic rings. The lowest BCUT2D eigenvalue weighted by Crippen LogP contribution is -2.62. The molecule has 4 N–H and O–H groups in total. The van der Waals surface area contributed by atoms with E-state index in [1.165, 1.54) is 12.0 Å². The molecule has 0 aromatic heterocycles. The Morgan fingerprint density at radius 2 is 1.80 bits per heavy atom. The smallest absolute Gasteiger partial charge is 0.251 e. The molecule has 1 heterocycles. The first kappa shape index (κ1) is 39.9. The lowest BCUT2D eigenvalue weighted by atomic mass is 9.45. The zero-order valence-electron chi connectivity index (χ0n) is 33.0. The van der Waals surface area contributed by atoms with Gasteiger partial charge < -0.3 is 30.5 Å². The average molecular weight is 741 g/mol. The highest BCUT2D eigenvalue weighted by molar-refractivity contribution is 5.96. The number of aliphatic hydroxyl groups excluding tert-OH is 2. The van der Waals surface area contributed by atoms with Gasteiger partial charge in [0.25, 0.3) is 5.91 Å². The summed E-state index contributed by atoms with van der Waals surface area (Å²) in [6, 6.07) is 22.8. The van der Waals surface area contributed by atoms with E-state index in [4.69, 9.17) is 9.57 Å². The molecule has 0 spiro atoms. The normalized spacial score (nSPS) is 27.2. The van der Waals surface area contributed by atoms with Gasteiger partial charge in [-0.05, 0) is 93.1 Å². The molecule has 3 aromatic rings. The van der Waals surface area contributed by atoms with Gasteiger partial charge in [0.05, 0.1) is 26.4 Å². The van der Waals surface area contributed by atoms with Crippen molar-refractivity contribution in [3.05, 3.63) is 89.5 Å². The first-order valence-corrected chi connectivity index (χ1v) is 19.6. The van der Waals surface area contributed by atoms with E-state index >= 15 is 0 Å². The van der Waals surface area contributed by atoms with Crippen LogP contribution in [0.1, 0.15) is 68.4 Å². The molecule has 2 bridgehead atoms. The van der Waals surface area contributed by atoms with Crippen molar-refractivity contribution >= 4 is 11.8 Å². The molecule has 9 atom stereocenters. The Labute approximate surface area is 321 Å². The van der Waals surface area contributed by atoms with Crippen molar-refractivity contribution in [2.45, 2.75) is 90.3 Å². The first-order chi connectivity index (χ1) is 25.8. The summed E-state index contributed by atoms with van der Waals surface area (Å²) in [5.41, 5.74) is 4.45. The van der Waals surface area contributed by atoms with Crippen molar-refractivity contribution in [2.75, 3.05) is 34.4 Å². The number of aryl methyl sites for hydroxylation is 1. The van der Waals surface area contributed by atoms with Crippen molar-refractivity contribution < 1.29 is 29.4 Å². The predicted molar refractivity (Wildman–Crippen MR) is 211 cm³/mol. The molecule has 10 heteroatoms. The van der Waals surface area contributed by atoms with E-state index in [0.717, 1.165) is 42.5 Å². The van der Waals surface area contributed by atoms with E-state index in [1.807, 2.05) is 74.8 Å². The lowest BCUT2D eigenvalue weighted by Gasteiger charge is -2.62. The van der Waals surface area contributed by atoms with Crippen molar-refractivity contribution in [3.8, 4) is 16.9 Å². The summed E-state index contributed by atoms with van der Waals surface area (Å²) in [5.74, 6) is 1.10. The highest BCUT2D eigenvalue weighted by Gasteiger charge is 2.57. The zero-order chi connectivity index (χ0) is 38.7. The molecule has 1 aliphatic heterocycles. The summed E-state index contributed by atoms with van der Waals surface area (Å²) >= 11 is 0. The lowest BCUT2D eigenvalue weighted by molar-refractivity contribution is -0.183. The molecule has 1 saturated heterocycles. The fraction of sp³-hybridized carbons (Fsp3) is 0.545. The number of fused-ring (bicyclic) bond motifs is 2. The number of ether oxygens (including phenoxy) is 1. The van der Waals surface area contributed by atoms with Gasteiger partial charge in [0, 0.05) is 41.2 Å². The fourth-order valence-electron chi connectivity index (χ4n) is 9.56. The van der Waals surface area contributed by atoms with Crippen LogP contribution in [0.25, 0.3) is 11.1 Å². The third-order valence-corrected chi connectivity index (χ3v) is 12.7. The van der Waals surface area contributed by atoms with Gasteiger partial charge >= 0.3 is 0 Å². The summed E-state index contributed by atoms with van der Waals surface area (Å²) in [7, 11) is 5.63. The van der Waals surface area contributed by atoms with Crippen LogP contribution in [0.2, 0.25) is 0 Å². The second kappa shape index (κ2) is 16.9. The number of aliphatic hydroxyl groups is 2. The number of hydrogen-bond acceptors (Lipinski definition) is 8. The molecule has 3 aliphatic carbocycles. The van der Waals surface area contributed by atoms with Crippen molar-refractivity contribution in [3.63, 3.8) is 0 Å². The Kier molecular flexibility index (Phi) is 12.5. The molecule has 7 rings (SSSR count). The van der Waals surface area contributed by atoms with Gasteiger partial charge in [-0.3, -0.25) is 14.4 Å². The van der Waals surface area contributed by atoms with E-state index in [0.29, 0.717) is 29.1 Å². The number of rotatable bonds is 15. The predicted octanol–water partition coefficient (Wildman–Crippen LogP) is 5.32. The van der Waals surface area contributed by atoms with Crippen LogP contribution >= 0.6 is 0 Å². The molecule has 3 saturated carbocycles. The fourth-order valence-corrected chi connectivity index (χ4v) is 9.56. The monoisotopic (exact) mass is 740 g/mol. The Bertz CT molecular complexity index is 1750. The maximum Gasteiger partial charge on any atom is 0.251 e. The van der Waals surface area contributed by atoms with Crippen LogP contribution in [-0.4, -0.2) is 96.7 Å². The van der Waals surface area contributed by atoms with Crippen LogP contribution in [0.4, 0.5) is 0 Å². The number of hydrogen-bond donors (Lipinski definition) is 4. The first-order valence-electron chi connectivity index (χ1n) is 19.6. The molecule has 54 heavy (non-hydrogen) atoms. The molecule has 3 aromatic carbocycles. The van der Waals surface area contributed by atoms with Gasteiger partial charge in [-0.15, -0.1) is 0 Å².